The molecule has 0 unspecified atom stereocenters. The van der Waals surface area contributed by atoms with Crippen LogP contribution in [-0.4, -0.2) is 86.8 Å². The Balaban J connectivity index is 1.86. The lowest BCUT2D eigenvalue weighted by Gasteiger charge is -2.34. The number of fused-ring (bicyclic) bond motifs is 1. The number of carbonyl (C=O) groups is 3. The average Bonchev–Trinajstić information content (AvgIpc) is 3.46. The third-order valence-electron chi connectivity index (χ3n) is 7.45. The van der Waals surface area contributed by atoms with Gasteiger partial charge in [-0.3, -0.25) is 9.59 Å². The van der Waals surface area contributed by atoms with Crippen molar-refractivity contribution in [2.75, 3.05) is 32.8 Å². The standard InChI is InChI=1S/C33H48N4O8S/c1-7-44-32(41)34-19-29(39)36-30(33(4,5)6)31(40)35-26(17-23-11-9-8-10-12-23)27(38)21-37(20-22(2)3)46(42,43)25-13-14-28-24(18-25)15-16-45-28/h8-14,18,22,26-27,30,38H,7,15-17,19-21H2,1-6H3,(H,34,41)(H,35,40)(H,36,39)/t26-,27+,30+/m0/s1. The predicted molar refractivity (Wildman–Crippen MR) is 174 cm³/mol. The summed E-state index contributed by atoms with van der Waals surface area (Å²) in [6.45, 7) is 10.9. The largest absolute Gasteiger partial charge is 0.493 e. The third kappa shape index (κ3) is 10.4. The lowest BCUT2D eigenvalue weighted by molar-refractivity contribution is -0.132. The summed E-state index contributed by atoms with van der Waals surface area (Å²) in [4.78, 5) is 38.2. The molecule has 0 saturated heterocycles. The van der Waals surface area contributed by atoms with E-state index in [1.807, 2.05) is 44.2 Å². The van der Waals surface area contributed by atoms with Gasteiger partial charge in [-0.25, -0.2) is 13.2 Å². The topological polar surface area (TPSA) is 163 Å². The third-order valence-corrected chi connectivity index (χ3v) is 9.28. The van der Waals surface area contributed by atoms with Gasteiger partial charge in [0, 0.05) is 19.5 Å². The molecule has 0 spiro atoms. The molecule has 4 N–H and O–H groups in total. The number of nitrogens with zero attached hydrogens (tertiary/aromatic N) is 1. The van der Waals surface area contributed by atoms with Gasteiger partial charge in [0.15, 0.2) is 0 Å². The molecular weight excluding hydrogens is 612 g/mol. The van der Waals surface area contributed by atoms with Crippen LogP contribution in [0.4, 0.5) is 4.79 Å². The van der Waals surface area contributed by atoms with Crippen LogP contribution in [-0.2, 0) is 37.2 Å². The molecule has 1 aliphatic heterocycles. The number of sulfonamides is 1. The van der Waals surface area contributed by atoms with Crippen LogP contribution in [0.25, 0.3) is 0 Å². The lowest BCUT2D eigenvalue weighted by atomic mass is 9.85. The smallest absolute Gasteiger partial charge is 0.407 e. The van der Waals surface area contributed by atoms with E-state index in [4.69, 9.17) is 9.47 Å². The van der Waals surface area contributed by atoms with E-state index in [2.05, 4.69) is 16.0 Å². The summed E-state index contributed by atoms with van der Waals surface area (Å²) >= 11 is 0. The van der Waals surface area contributed by atoms with Crippen molar-refractivity contribution in [1.29, 1.82) is 0 Å². The summed E-state index contributed by atoms with van der Waals surface area (Å²) in [6.07, 6.45) is -1.25. The van der Waals surface area contributed by atoms with E-state index in [1.54, 1.807) is 39.8 Å². The molecule has 3 atom stereocenters. The number of hydrogen-bond donors (Lipinski definition) is 4. The monoisotopic (exact) mass is 660 g/mol. The highest BCUT2D eigenvalue weighted by molar-refractivity contribution is 7.89. The van der Waals surface area contributed by atoms with Gasteiger partial charge >= 0.3 is 6.09 Å². The van der Waals surface area contributed by atoms with Crippen LogP contribution in [0.15, 0.2) is 53.4 Å². The second kappa shape index (κ2) is 16.2. The van der Waals surface area contributed by atoms with Crippen molar-refractivity contribution >= 4 is 27.9 Å². The number of nitrogens with one attached hydrogen (secondary N) is 3. The van der Waals surface area contributed by atoms with E-state index in [1.165, 1.54) is 10.4 Å². The molecule has 0 saturated carbocycles. The summed E-state index contributed by atoms with van der Waals surface area (Å²) in [5.41, 5.74) is 0.878. The zero-order chi connectivity index (χ0) is 34.1. The Morgan fingerprint density at radius 2 is 1.74 bits per heavy atom. The van der Waals surface area contributed by atoms with Gasteiger partial charge in [0.05, 0.1) is 30.3 Å². The predicted octanol–water partition coefficient (Wildman–Crippen LogP) is 2.63. The number of rotatable bonds is 15. The first-order valence-electron chi connectivity index (χ1n) is 15.6. The van der Waals surface area contributed by atoms with Crippen molar-refractivity contribution in [2.45, 2.75) is 77.5 Å². The Morgan fingerprint density at radius 3 is 2.37 bits per heavy atom. The highest BCUT2D eigenvalue weighted by Crippen LogP contribution is 2.29. The van der Waals surface area contributed by atoms with Crippen molar-refractivity contribution in [2.24, 2.45) is 11.3 Å². The summed E-state index contributed by atoms with van der Waals surface area (Å²) in [6, 6.07) is 12.1. The SMILES string of the molecule is CCOC(=O)NCC(=O)N[C@H](C(=O)N[C@@H](Cc1ccccc1)[C@H](O)CN(CC(C)C)S(=O)(=O)c1ccc2c(c1)CCO2)C(C)(C)C. The maximum absolute atomic E-state index is 13.9. The van der Waals surface area contributed by atoms with Crippen molar-refractivity contribution in [3.8, 4) is 5.75 Å². The number of carbonyl (C=O) groups excluding carboxylic acids is 3. The second-order valence-electron chi connectivity index (χ2n) is 12.9. The van der Waals surface area contributed by atoms with Gasteiger partial charge in [-0.05, 0) is 54.0 Å². The van der Waals surface area contributed by atoms with Gasteiger partial charge in [-0.15, -0.1) is 0 Å². The van der Waals surface area contributed by atoms with Crippen LogP contribution in [0.3, 0.4) is 0 Å². The molecular formula is C33H48N4O8S. The first-order chi connectivity index (χ1) is 21.6. The van der Waals surface area contributed by atoms with Crippen LogP contribution in [0.1, 0.15) is 52.7 Å². The molecule has 0 aliphatic carbocycles. The average molecular weight is 661 g/mol. The Kier molecular flexibility index (Phi) is 13.0. The molecule has 1 aliphatic rings. The molecule has 2 aromatic carbocycles. The van der Waals surface area contributed by atoms with Crippen molar-refractivity contribution in [1.82, 2.24) is 20.3 Å². The molecule has 0 radical (unpaired) electrons. The van der Waals surface area contributed by atoms with Gasteiger partial charge in [0.25, 0.3) is 0 Å². The zero-order valence-electron chi connectivity index (χ0n) is 27.5. The molecule has 46 heavy (non-hydrogen) atoms. The molecule has 3 rings (SSSR count). The van der Waals surface area contributed by atoms with Crippen LogP contribution in [0.2, 0.25) is 0 Å². The number of alkyl carbamates (subject to hydrolysis) is 1. The highest BCUT2D eigenvalue weighted by atomic mass is 32.2. The maximum Gasteiger partial charge on any atom is 0.407 e. The van der Waals surface area contributed by atoms with Crippen LogP contribution >= 0.6 is 0 Å². The van der Waals surface area contributed by atoms with Crippen LogP contribution in [0.5, 0.6) is 5.75 Å². The van der Waals surface area contributed by atoms with Crippen LogP contribution < -0.4 is 20.7 Å². The lowest BCUT2D eigenvalue weighted by Crippen LogP contribution is -2.59. The molecule has 3 amide bonds. The Bertz CT molecular complexity index is 1440. The fourth-order valence-corrected chi connectivity index (χ4v) is 6.80. The molecule has 0 fully saturated rings. The normalized spacial score (nSPS) is 15.0. The minimum absolute atomic E-state index is 0.0504. The number of aliphatic hydroxyl groups is 1. The number of aliphatic hydroxyl groups excluding tert-OH is 1. The minimum Gasteiger partial charge on any atom is -0.493 e. The summed E-state index contributed by atoms with van der Waals surface area (Å²) in [7, 11) is -4.02. The van der Waals surface area contributed by atoms with E-state index < -0.39 is 58.1 Å². The number of ether oxygens (including phenoxy) is 2. The van der Waals surface area contributed by atoms with Crippen LogP contribution in [0, 0.1) is 11.3 Å². The fraction of sp³-hybridized carbons (Fsp3) is 0.545. The Morgan fingerprint density at radius 1 is 1.04 bits per heavy atom. The maximum atomic E-state index is 13.9. The van der Waals surface area contributed by atoms with E-state index in [-0.39, 0.29) is 36.9 Å². The van der Waals surface area contributed by atoms with E-state index in [0.717, 1.165) is 11.1 Å². The van der Waals surface area contributed by atoms with Crippen molar-refractivity contribution < 1.29 is 37.4 Å². The molecule has 254 valence electrons. The summed E-state index contributed by atoms with van der Waals surface area (Å²) in [5.74, 6) is -0.547. The number of hydrogen-bond acceptors (Lipinski definition) is 8. The summed E-state index contributed by atoms with van der Waals surface area (Å²) in [5, 5.41) is 19.5. The molecule has 0 bridgehead atoms. The quantitative estimate of drug-likeness (QED) is 0.227. The van der Waals surface area contributed by atoms with Crippen molar-refractivity contribution in [3.63, 3.8) is 0 Å². The summed E-state index contributed by atoms with van der Waals surface area (Å²) < 4.78 is 39.4. The van der Waals surface area contributed by atoms with Gasteiger partial charge in [0.1, 0.15) is 18.3 Å². The number of amides is 3. The second-order valence-corrected chi connectivity index (χ2v) is 14.8. The van der Waals surface area contributed by atoms with E-state index in [9.17, 15) is 27.9 Å². The molecule has 13 heteroatoms. The molecule has 0 aromatic heterocycles. The van der Waals surface area contributed by atoms with Gasteiger partial charge in [0.2, 0.25) is 21.8 Å². The zero-order valence-corrected chi connectivity index (χ0v) is 28.4. The number of benzene rings is 2. The van der Waals surface area contributed by atoms with E-state index in [0.29, 0.717) is 18.8 Å². The highest BCUT2D eigenvalue weighted by Gasteiger charge is 2.37. The fourth-order valence-electron chi connectivity index (χ4n) is 5.13. The molecule has 2 aromatic rings. The molecule has 1 heterocycles. The molecule has 12 nitrogen and oxygen atoms in total. The first kappa shape index (κ1) is 36.8. The van der Waals surface area contributed by atoms with Gasteiger partial charge in [-0.1, -0.05) is 65.0 Å². The Labute approximate surface area is 272 Å². The van der Waals surface area contributed by atoms with Crippen molar-refractivity contribution in [3.05, 3.63) is 59.7 Å². The first-order valence-corrected chi connectivity index (χ1v) is 17.0. The Hall–Kier alpha value is -3.68. The van der Waals surface area contributed by atoms with Gasteiger partial charge in [-0.2, -0.15) is 4.31 Å². The van der Waals surface area contributed by atoms with Gasteiger partial charge < -0.3 is 30.5 Å². The minimum atomic E-state index is -4.02. The van der Waals surface area contributed by atoms with E-state index >= 15 is 0 Å².